The number of hydrogen-bond donors (Lipinski definition) is 3. The molecule has 1 aliphatic rings. The lowest BCUT2D eigenvalue weighted by molar-refractivity contribution is 0.104. The van der Waals surface area contributed by atoms with Crippen LogP contribution in [0.3, 0.4) is 0 Å². The first-order chi connectivity index (χ1) is 5.36. The smallest absolute Gasteiger partial charge is 0.305 e. The Morgan fingerprint density at radius 1 is 1.58 bits per heavy atom. The van der Waals surface area contributed by atoms with Gasteiger partial charge >= 0.3 is 12.1 Å². The predicted molar refractivity (Wildman–Crippen MR) is 45.1 cm³/mol. The zero-order chi connectivity index (χ0) is 9.52. The van der Waals surface area contributed by atoms with E-state index in [0.29, 0.717) is 0 Å². The van der Waals surface area contributed by atoms with Crippen LogP contribution >= 0.6 is 12.6 Å². The molecule has 1 heterocycles. The quantitative estimate of drug-likeness (QED) is 0.275. The molecular weight excluding hydrogens is 180 g/mol. The van der Waals surface area contributed by atoms with Crippen LogP contribution in [-0.4, -0.2) is 34.0 Å². The Morgan fingerprint density at radius 2 is 2.08 bits per heavy atom. The first-order valence-corrected chi connectivity index (χ1v) is 3.68. The monoisotopic (exact) mass is 190 g/mol. The largest absolute Gasteiger partial charge is 0.344 e. The van der Waals surface area contributed by atoms with Crippen LogP contribution in [0.4, 0.5) is 9.59 Å². The molecule has 0 saturated carbocycles. The second-order valence-corrected chi connectivity index (χ2v) is 3.53. The Bertz CT molecular complexity index is 242. The van der Waals surface area contributed by atoms with Gasteiger partial charge in [0.05, 0.1) is 0 Å². The minimum Gasteiger partial charge on any atom is -0.305 e. The fourth-order valence-corrected chi connectivity index (χ4v) is 0.963. The molecule has 0 aromatic carbocycles. The SMILES string of the molecule is CN1C(=O)NC(C)(S)N(N)C1=O. The van der Waals surface area contributed by atoms with Crippen LogP contribution in [0.1, 0.15) is 6.92 Å². The standard InChI is InChI=1S/C5H10N4O2S/c1-5(12)7-3(10)8(2)4(11)9(5)6/h12H,6H2,1-2H3,(H,7,10). The summed E-state index contributed by atoms with van der Waals surface area (Å²) >= 11 is 3.99. The third-order valence-electron chi connectivity index (χ3n) is 1.61. The van der Waals surface area contributed by atoms with Gasteiger partial charge in [-0.05, 0) is 6.92 Å². The molecule has 1 aliphatic heterocycles. The van der Waals surface area contributed by atoms with Gasteiger partial charge in [0, 0.05) is 7.05 Å². The molecule has 12 heavy (non-hydrogen) atoms. The highest BCUT2D eigenvalue weighted by atomic mass is 32.1. The van der Waals surface area contributed by atoms with Gasteiger partial charge < -0.3 is 5.32 Å². The molecule has 7 heteroatoms. The molecule has 1 saturated heterocycles. The molecule has 0 bridgehead atoms. The normalized spacial score (nSPS) is 30.7. The van der Waals surface area contributed by atoms with Gasteiger partial charge in [0.2, 0.25) is 0 Å². The number of rotatable bonds is 0. The average molecular weight is 190 g/mol. The Kier molecular flexibility index (Phi) is 1.92. The highest BCUT2D eigenvalue weighted by Crippen LogP contribution is 2.18. The number of nitrogens with one attached hydrogen (secondary N) is 1. The van der Waals surface area contributed by atoms with E-state index >= 15 is 0 Å². The summed E-state index contributed by atoms with van der Waals surface area (Å²) < 4.78 is 0. The second-order valence-electron chi connectivity index (χ2n) is 2.66. The molecule has 0 aromatic rings. The Morgan fingerprint density at radius 3 is 2.58 bits per heavy atom. The maximum Gasteiger partial charge on any atom is 0.344 e. The van der Waals surface area contributed by atoms with Crippen molar-refractivity contribution in [2.45, 2.75) is 11.9 Å². The van der Waals surface area contributed by atoms with Crippen LogP contribution in [0.25, 0.3) is 0 Å². The molecule has 6 nitrogen and oxygen atoms in total. The highest BCUT2D eigenvalue weighted by molar-refractivity contribution is 7.81. The Hall–Kier alpha value is -0.950. The molecule has 68 valence electrons. The minimum atomic E-state index is -1.12. The summed E-state index contributed by atoms with van der Waals surface area (Å²) in [5.41, 5.74) is 0. The van der Waals surface area contributed by atoms with Crippen LogP contribution in [-0.2, 0) is 0 Å². The van der Waals surface area contributed by atoms with Gasteiger partial charge in [-0.3, -0.25) is 0 Å². The zero-order valence-corrected chi connectivity index (χ0v) is 7.63. The van der Waals surface area contributed by atoms with Crippen LogP contribution in [0.15, 0.2) is 0 Å². The van der Waals surface area contributed by atoms with Crippen LogP contribution in [0.2, 0.25) is 0 Å². The van der Waals surface area contributed by atoms with Crippen molar-refractivity contribution >= 4 is 24.7 Å². The summed E-state index contributed by atoms with van der Waals surface area (Å²) in [6, 6.07) is -1.10. The van der Waals surface area contributed by atoms with E-state index in [9.17, 15) is 9.59 Å². The van der Waals surface area contributed by atoms with Crippen molar-refractivity contribution in [3.63, 3.8) is 0 Å². The lowest BCUT2D eigenvalue weighted by atomic mass is 10.4. The van der Waals surface area contributed by atoms with Crippen LogP contribution < -0.4 is 11.2 Å². The number of hydrogen-bond acceptors (Lipinski definition) is 4. The van der Waals surface area contributed by atoms with E-state index in [1.165, 1.54) is 14.0 Å². The molecule has 3 N–H and O–H groups in total. The predicted octanol–water partition coefficient (Wildman–Crippen LogP) is -0.459. The number of carbonyl (C=O) groups is 2. The average Bonchev–Trinajstić information content (AvgIpc) is 1.97. The van der Waals surface area contributed by atoms with E-state index in [1.54, 1.807) is 0 Å². The van der Waals surface area contributed by atoms with E-state index in [-0.39, 0.29) is 0 Å². The third-order valence-corrected chi connectivity index (χ3v) is 1.94. The maximum atomic E-state index is 11.2. The summed E-state index contributed by atoms with van der Waals surface area (Å²) in [5.74, 6) is 5.36. The Labute approximate surface area is 75.1 Å². The molecule has 4 amide bonds. The summed E-state index contributed by atoms with van der Waals surface area (Å²) in [5, 5.41) is 3.26. The van der Waals surface area contributed by atoms with Gasteiger partial charge in [0.1, 0.15) is 0 Å². The van der Waals surface area contributed by atoms with Gasteiger partial charge in [-0.15, -0.1) is 12.6 Å². The second kappa shape index (κ2) is 2.53. The first kappa shape index (κ1) is 9.14. The number of amides is 4. The Balaban J connectivity index is 2.93. The number of carbonyl (C=O) groups excluding carboxylic acids is 2. The fourth-order valence-electron chi connectivity index (χ4n) is 0.781. The van der Waals surface area contributed by atoms with Crippen molar-refractivity contribution in [2.75, 3.05) is 7.05 Å². The molecule has 1 fully saturated rings. The fraction of sp³-hybridized carbons (Fsp3) is 0.600. The van der Waals surface area contributed by atoms with Gasteiger partial charge in [0.25, 0.3) is 0 Å². The lowest BCUT2D eigenvalue weighted by Crippen LogP contribution is -2.70. The van der Waals surface area contributed by atoms with Gasteiger partial charge in [-0.1, -0.05) is 0 Å². The number of nitrogens with zero attached hydrogens (tertiary/aromatic N) is 2. The van der Waals surface area contributed by atoms with E-state index in [1.807, 2.05) is 0 Å². The van der Waals surface area contributed by atoms with E-state index in [0.717, 1.165) is 9.91 Å². The van der Waals surface area contributed by atoms with Crippen molar-refractivity contribution in [2.24, 2.45) is 5.84 Å². The first-order valence-electron chi connectivity index (χ1n) is 3.23. The third kappa shape index (κ3) is 1.21. The summed E-state index contributed by atoms with van der Waals surface area (Å²) in [6.07, 6.45) is 0. The highest BCUT2D eigenvalue weighted by Gasteiger charge is 2.40. The van der Waals surface area contributed by atoms with E-state index in [2.05, 4.69) is 17.9 Å². The number of thiol groups is 1. The maximum absolute atomic E-state index is 11.2. The number of hydrazine groups is 1. The van der Waals surface area contributed by atoms with Gasteiger partial charge in [-0.2, -0.15) is 0 Å². The lowest BCUT2D eigenvalue weighted by Gasteiger charge is -2.41. The van der Waals surface area contributed by atoms with Crippen LogP contribution in [0.5, 0.6) is 0 Å². The topological polar surface area (TPSA) is 78.7 Å². The van der Waals surface area contributed by atoms with Crippen LogP contribution in [0, 0.1) is 0 Å². The summed E-state index contributed by atoms with van der Waals surface area (Å²) in [7, 11) is 1.33. The van der Waals surface area contributed by atoms with E-state index in [4.69, 9.17) is 5.84 Å². The van der Waals surface area contributed by atoms with E-state index < -0.39 is 17.1 Å². The minimum absolute atomic E-state index is 0.515. The molecular formula is C5H10N4O2S. The van der Waals surface area contributed by atoms with Crippen molar-refractivity contribution < 1.29 is 9.59 Å². The number of imide groups is 1. The molecule has 0 spiro atoms. The molecule has 1 rings (SSSR count). The zero-order valence-electron chi connectivity index (χ0n) is 6.74. The van der Waals surface area contributed by atoms with Gasteiger partial charge in [0.15, 0.2) is 4.99 Å². The molecule has 0 aliphatic carbocycles. The van der Waals surface area contributed by atoms with Crippen molar-refractivity contribution in [1.82, 2.24) is 15.2 Å². The summed E-state index contributed by atoms with van der Waals surface area (Å²) in [4.78, 5) is 21.9. The van der Waals surface area contributed by atoms with Crippen molar-refractivity contribution in [3.8, 4) is 0 Å². The van der Waals surface area contributed by atoms with Crippen molar-refractivity contribution in [1.29, 1.82) is 0 Å². The number of urea groups is 2. The molecule has 0 radical (unpaired) electrons. The summed E-state index contributed by atoms with van der Waals surface area (Å²) in [6.45, 7) is 1.51. The number of nitrogens with two attached hydrogens (primary N) is 1. The molecule has 0 aromatic heterocycles. The van der Waals surface area contributed by atoms with Gasteiger partial charge in [-0.25, -0.2) is 25.3 Å². The van der Waals surface area contributed by atoms with Crippen molar-refractivity contribution in [3.05, 3.63) is 0 Å². The molecule has 1 atom stereocenters. The molecule has 1 unspecified atom stereocenters.